The van der Waals surface area contributed by atoms with Crippen LogP contribution in [0.4, 0.5) is 5.82 Å². The molecule has 0 aliphatic carbocycles. The van der Waals surface area contributed by atoms with Gasteiger partial charge in [0.05, 0.1) is 5.69 Å². The van der Waals surface area contributed by atoms with Crippen molar-refractivity contribution < 1.29 is 0 Å². The van der Waals surface area contributed by atoms with Crippen LogP contribution in [0.3, 0.4) is 0 Å². The van der Waals surface area contributed by atoms with Gasteiger partial charge in [-0.25, -0.2) is 4.98 Å². The summed E-state index contributed by atoms with van der Waals surface area (Å²) < 4.78 is 0. The standard InChI is InChI=1S/C16H16N6/c1-10-11(2)21-22-16(14(10)8-17)19-7-5-12-9-20-15-13(12)4-3-6-18-15/h3-4,6,9H,5,7H2,1-2H3,(H,18,20)(H,19,22). The number of rotatable bonds is 4. The van der Waals surface area contributed by atoms with Gasteiger partial charge in [-0.2, -0.15) is 10.4 Å². The predicted octanol–water partition coefficient (Wildman–Crippen LogP) is 2.50. The summed E-state index contributed by atoms with van der Waals surface area (Å²) in [5.74, 6) is 0.545. The maximum absolute atomic E-state index is 9.28. The van der Waals surface area contributed by atoms with Crippen LogP contribution in [0.5, 0.6) is 0 Å². The van der Waals surface area contributed by atoms with Gasteiger partial charge < -0.3 is 10.3 Å². The lowest BCUT2D eigenvalue weighted by Crippen LogP contribution is -2.10. The van der Waals surface area contributed by atoms with Crippen LogP contribution in [0.15, 0.2) is 24.5 Å². The summed E-state index contributed by atoms with van der Waals surface area (Å²) in [6, 6.07) is 6.17. The molecule has 0 unspecified atom stereocenters. The van der Waals surface area contributed by atoms with Crippen molar-refractivity contribution >= 4 is 16.9 Å². The molecule has 3 rings (SSSR count). The molecule has 6 heteroatoms. The van der Waals surface area contributed by atoms with Gasteiger partial charge in [0, 0.05) is 24.3 Å². The fourth-order valence-corrected chi connectivity index (χ4v) is 2.40. The highest BCUT2D eigenvalue weighted by molar-refractivity contribution is 5.79. The maximum atomic E-state index is 9.28. The normalized spacial score (nSPS) is 10.6. The number of hydrogen-bond donors (Lipinski definition) is 2. The Hall–Kier alpha value is -2.94. The molecule has 0 aromatic carbocycles. The Morgan fingerprint density at radius 2 is 2.18 bits per heavy atom. The van der Waals surface area contributed by atoms with Crippen molar-refractivity contribution in [2.45, 2.75) is 20.3 Å². The Kier molecular flexibility index (Phi) is 3.71. The number of fused-ring (bicyclic) bond motifs is 1. The van der Waals surface area contributed by atoms with Crippen LogP contribution in [0.1, 0.15) is 22.4 Å². The number of pyridine rings is 1. The third-order valence-electron chi connectivity index (χ3n) is 3.79. The first-order valence-corrected chi connectivity index (χ1v) is 7.09. The molecular weight excluding hydrogens is 276 g/mol. The van der Waals surface area contributed by atoms with E-state index in [0.29, 0.717) is 17.9 Å². The molecule has 0 radical (unpaired) electrons. The summed E-state index contributed by atoms with van der Waals surface area (Å²) in [5.41, 5.74) is 4.29. The topological polar surface area (TPSA) is 90.3 Å². The highest BCUT2D eigenvalue weighted by Gasteiger charge is 2.10. The molecule has 0 bridgehead atoms. The van der Waals surface area contributed by atoms with Crippen LogP contribution in [-0.4, -0.2) is 26.7 Å². The number of hydrogen-bond acceptors (Lipinski definition) is 5. The number of nitrogens with one attached hydrogen (secondary N) is 2. The summed E-state index contributed by atoms with van der Waals surface area (Å²) in [5, 5.41) is 21.8. The molecule has 22 heavy (non-hydrogen) atoms. The van der Waals surface area contributed by atoms with Gasteiger partial charge in [0.25, 0.3) is 0 Å². The lowest BCUT2D eigenvalue weighted by molar-refractivity contribution is 0.929. The van der Waals surface area contributed by atoms with Gasteiger partial charge in [-0.1, -0.05) is 0 Å². The van der Waals surface area contributed by atoms with Crippen LogP contribution in [-0.2, 0) is 6.42 Å². The van der Waals surface area contributed by atoms with Gasteiger partial charge in [-0.05, 0) is 43.5 Å². The number of nitrogens with zero attached hydrogens (tertiary/aromatic N) is 4. The van der Waals surface area contributed by atoms with Crippen LogP contribution >= 0.6 is 0 Å². The molecule has 0 spiro atoms. The minimum absolute atomic E-state index is 0.545. The Morgan fingerprint density at radius 1 is 1.32 bits per heavy atom. The minimum atomic E-state index is 0.545. The van der Waals surface area contributed by atoms with Crippen molar-refractivity contribution in [3.8, 4) is 6.07 Å². The highest BCUT2D eigenvalue weighted by atomic mass is 15.2. The van der Waals surface area contributed by atoms with E-state index in [-0.39, 0.29) is 0 Å². The van der Waals surface area contributed by atoms with Crippen LogP contribution in [0.2, 0.25) is 0 Å². The fraction of sp³-hybridized carbons (Fsp3) is 0.250. The van der Waals surface area contributed by atoms with E-state index in [0.717, 1.165) is 28.7 Å². The molecule has 0 saturated heterocycles. The Labute approximate surface area is 128 Å². The van der Waals surface area contributed by atoms with E-state index in [1.165, 1.54) is 5.56 Å². The highest BCUT2D eigenvalue weighted by Crippen LogP contribution is 2.18. The molecule has 0 aliphatic heterocycles. The lowest BCUT2D eigenvalue weighted by Gasteiger charge is -2.09. The van der Waals surface area contributed by atoms with Gasteiger partial charge >= 0.3 is 0 Å². The Balaban J connectivity index is 1.74. The zero-order valence-corrected chi connectivity index (χ0v) is 12.5. The van der Waals surface area contributed by atoms with Crippen LogP contribution in [0.25, 0.3) is 11.0 Å². The maximum Gasteiger partial charge on any atom is 0.166 e. The van der Waals surface area contributed by atoms with Gasteiger partial charge in [-0.3, -0.25) is 0 Å². The van der Waals surface area contributed by atoms with Crippen molar-refractivity contribution in [1.29, 1.82) is 5.26 Å². The fourth-order valence-electron chi connectivity index (χ4n) is 2.40. The first kappa shape index (κ1) is 14.0. The molecule has 0 amide bonds. The van der Waals surface area contributed by atoms with E-state index in [9.17, 15) is 5.26 Å². The largest absolute Gasteiger partial charge is 0.367 e. The molecule has 0 saturated carbocycles. The molecular formula is C16H16N6. The minimum Gasteiger partial charge on any atom is -0.367 e. The van der Waals surface area contributed by atoms with E-state index in [2.05, 4.69) is 31.6 Å². The smallest absolute Gasteiger partial charge is 0.166 e. The molecule has 0 aliphatic rings. The second-order valence-electron chi connectivity index (χ2n) is 5.14. The van der Waals surface area contributed by atoms with Gasteiger partial charge in [0.1, 0.15) is 17.3 Å². The van der Waals surface area contributed by atoms with Gasteiger partial charge in [0.2, 0.25) is 0 Å². The van der Waals surface area contributed by atoms with Crippen LogP contribution < -0.4 is 5.32 Å². The zero-order chi connectivity index (χ0) is 15.5. The molecule has 0 atom stereocenters. The summed E-state index contributed by atoms with van der Waals surface area (Å²) in [6.07, 6.45) is 4.55. The van der Waals surface area contributed by atoms with E-state index in [1.54, 1.807) is 6.20 Å². The molecule has 2 N–H and O–H groups in total. The van der Waals surface area contributed by atoms with Gasteiger partial charge in [-0.15, -0.1) is 5.10 Å². The molecule has 110 valence electrons. The number of aromatic amines is 1. The second-order valence-corrected chi connectivity index (χ2v) is 5.14. The van der Waals surface area contributed by atoms with Crippen molar-refractivity contribution in [1.82, 2.24) is 20.2 Å². The van der Waals surface area contributed by atoms with E-state index >= 15 is 0 Å². The van der Waals surface area contributed by atoms with E-state index in [1.807, 2.05) is 32.2 Å². The summed E-state index contributed by atoms with van der Waals surface area (Å²) in [7, 11) is 0. The third-order valence-corrected chi connectivity index (χ3v) is 3.79. The number of aromatic nitrogens is 4. The average molecular weight is 292 g/mol. The second kappa shape index (κ2) is 5.82. The summed E-state index contributed by atoms with van der Waals surface area (Å²) >= 11 is 0. The summed E-state index contributed by atoms with van der Waals surface area (Å²) in [4.78, 5) is 7.43. The van der Waals surface area contributed by atoms with Gasteiger partial charge in [0.15, 0.2) is 5.82 Å². The van der Waals surface area contributed by atoms with E-state index in [4.69, 9.17) is 0 Å². The molecule has 6 nitrogen and oxygen atoms in total. The van der Waals surface area contributed by atoms with Crippen molar-refractivity contribution in [2.24, 2.45) is 0 Å². The first-order valence-electron chi connectivity index (χ1n) is 7.09. The lowest BCUT2D eigenvalue weighted by atomic mass is 10.1. The number of aryl methyl sites for hydroxylation is 1. The Morgan fingerprint density at radius 3 is 3.00 bits per heavy atom. The van der Waals surface area contributed by atoms with Crippen molar-refractivity contribution in [3.63, 3.8) is 0 Å². The SMILES string of the molecule is Cc1nnc(NCCc2c[nH]c3ncccc23)c(C#N)c1C. The van der Waals surface area contributed by atoms with Crippen molar-refractivity contribution in [3.05, 3.63) is 46.9 Å². The quantitative estimate of drug-likeness (QED) is 0.771. The molecule has 3 aromatic heterocycles. The zero-order valence-electron chi connectivity index (χ0n) is 12.5. The molecule has 0 fully saturated rings. The summed E-state index contributed by atoms with van der Waals surface area (Å²) in [6.45, 7) is 4.42. The third kappa shape index (κ3) is 2.49. The number of H-pyrrole nitrogens is 1. The van der Waals surface area contributed by atoms with Crippen molar-refractivity contribution in [2.75, 3.05) is 11.9 Å². The van der Waals surface area contributed by atoms with E-state index < -0.39 is 0 Å². The first-order chi connectivity index (χ1) is 10.7. The monoisotopic (exact) mass is 292 g/mol. The van der Waals surface area contributed by atoms with Crippen LogP contribution in [0, 0.1) is 25.2 Å². The molecule has 3 aromatic rings. The average Bonchev–Trinajstić information content (AvgIpc) is 2.94. The predicted molar refractivity (Wildman–Crippen MR) is 84.5 cm³/mol. The Bertz CT molecular complexity index is 859. The number of nitriles is 1. The number of anilines is 1. The molecule has 3 heterocycles.